The summed E-state index contributed by atoms with van der Waals surface area (Å²) in [5.41, 5.74) is 15.0. The Balaban J connectivity index is 0.801. The van der Waals surface area contributed by atoms with Gasteiger partial charge in [-0.05, 0) is 87.2 Å². The maximum atomic E-state index is 11.0. The third-order valence-corrected chi connectivity index (χ3v) is 11.5. The number of aromatic nitrogens is 2. The van der Waals surface area contributed by atoms with Crippen molar-refractivity contribution < 1.29 is 15.2 Å². The summed E-state index contributed by atoms with van der Waals surface area (Å²) in [4.78, 5) is 5.22. The van der Waals surface area contributed by atoms with Crippen LogP contribution in [-0.2, 0) is 19.6 Å². The molecular weight excluding hydrogens is 765 g/mol. The summed E-state index contributed by atoms with van der Waals surface area (Å²) in [7, 11) is 1.97. The largest absolute Gasteiger partial charge is 0.507 e. The summed E-state index contributed by atoms with van der Waals surface area (Å²) in [5, 5.41) is 22.2. The summed E-state index contributed by atoms with van der Waals surface area (Å²) >= 11 is 0. The highest BCUT2D eigenvalue weighted by molar-refractivity contribution is 6.02. The number of aromatic hydroxyl groups is 1. The fourth-order valence-corrected chi connectivity index (χ4v) is 8.40. The molecule has 0 aliphatic carbocycles. The van der Waals surface area contributed by atoms with Crippen LogP contribution >= 0.6 is 0 Å². The molecule has 1 aliphatic heterocycles. The number of likely N-dealkylation sites (N-methyl/N-ethyl adjacent to an activating group) is 1. The molecule has 0 bridgehead atoms. The summed E-state index contributed by atoms with van der Waals surface area (Å²) in [6.07, 6.45) is 2.08. The van der Waals surface area contributed by atoms with Crippen LogP contribution in [0, 0.1) is 0 Å². The Labute approximate surface area is 361 Å². The van der Waals surface area contributed by atoms with Crippen LogP contribution in [0.15, 0.2) is 200 Å². The average Bonchev–Trinajstić information content (AvgIpc) is 3.89. The third-order valence-electron chi connectivity index (χ3n) is 11.5. The Morgan fingerprint density at radius 1 is 0.613 bits per heavy atom. The number of hydrogen-bond donors (Lipinski definition) is 2. The molecule has 0 unspecified atom stereocenters. The number of rotatable bonds is 13. The van der Waals surface area contributed by atoms with Crippen molar-refractivity contribution in [3.8, 4) is 51.1 Å². The zero-order valence-electron chi connectivity index (χ0n) is 34.5. The number of nitrogens with zero attached hydrogens (tertiary/aromatic N) is 5. The second-order valence-electron chi connectivity index (χ2n) is 15.6. The summed E-state index contributed by atoms with van der Waals surface area (Å²) in [6.45, 7) is 2.75. The van der Waals surface area contributed by atoms with Gasteiger partial charge in [-0.3, -0.25) is 14.6 Å². The van der Waals surface area contributed by atoms with E-state index in [1.165, 1.54) is 38.2 Å². The molecule has 0 amide bonds. The number of ether oxygens (including phenoxy) is 1. The van der Waals surface area contributed by atoms with Crippen LogP contribution in [-0.4, -0.2) is 38.3 Å². The van der Waals surface area contributed by atoms with E-state index in [-0.39, 0.29) is 5.75 Å². The van der Waals surface area contributed by atoms with Gasteiger partial charge in [-0.15, -0.1) is 0 Å². The summed E-state index contributed by atoms with van der Waals surface area (Å²) < 4.78 is 8.43. The zero-order valence-corrected chi connectivity index (χ0v) is 34.5. The topological polar surface area (TPSA) is 84.5 Å². The van der Waals surface area contributed by atoms with E-state index in [0.29, 0.717) is 24.5 Å². The maximum Gasteiger partial charge on any atom is 0.149 e. The molecule has 0 saturated carbocycles. The number of imidazole rings is 1. The smallest absolute Gasteiger partial charge is 0.149 e. The van der Waals surface area contributed by atoms with Crippen molar-refractivity contribution in [2.24, 2.45) is 0 Å². The monoisotopic (exact) mass is 810 g/mol. The minimum Gasteiger partial charge on any atom is -0.507 e. The molecule has 8 aromatic carbocycles. The van der Waals surface area contributed by atoms with E-state index in [1.807, 2.05) is 83.8 Å². The first-order chi connectivity index (χ1) is 30.6. The van der Waals surface area contributed by atoms with E-state index >= 15 is 0 Å². The van der Waals surface area contributed by atoms with Gasteiger partial charge in [-0.25, -0.2) is 4.98 Å². The van der Waals surface area contributed by atoms with Crippen LogP contribution in [0.3, 0.4) is 0 Å². The molecular formula is C54H46N6O2+. The number of fused-ring (bicyclic) bond motifs is 2. The Morgan fingerprint density at radius 2 is 1.19 bits per heavy atom. The number of phenolic OH excluding ortho intramolecular Hbond substituents is 1. The van der Waals surface area contributed by atoms with Gasteiger partial charge in [0.1, 0.15) is 37.0 Å². The molecule has 0 saturated heterocycles. The molecule has 2 heterocycles. The zero-order chi connectivity index (χ0) is 41.8. The molecule has 1 aromatic heterocycles. The van der Waals surface area contributed by atoms with Gasteiger partial charge in [0.2, 0.25) is 0 Å². The lowest BCUT2D eigenvalue weighted by Gasteiger charge is -2.19. The van der Waals surface area contributed by atoms with Crippen molar-refractivity contribution in [2.45, 2.75) is 19.6 Å². The lowest BCUT2D eigenvalue weighted by Crippen LogP contribution is -2.80. The molecule has 1 aliphatic rings. The van der Waals surface area contributed by atoms with Gasteiger partial charge < -0.3 is 15.2 Å². The van der Waals surface area contributed by atoms with Gasteiger partial charge in [0.05, 0.1) is 29.2 Å². The summed E-state index contributed by atoms with van der Waals surface area (Å²) in [6, 6.07) is 64.4. The first kappa shape index (κ1) is 38.5. The third kappa shape index (κ3) is 7.88. The number of para-hydroxylation sites is 1. The normalized spacial score (nSPS) is 12.6. The van der Waals surface area contributed by atoms with Crippen LogP contribution in [0.4, 0.5) is 0 Å². The van der Waals surface area contributed by atoms with E-state index in [1.54, 1.807) is 6.07 Å². The highest BCUT2D eigenvalue weighted by Gasteiger charge is 2.24. The van der Waals surface area contributed by atoms with E-state index in [4.69, 9.17) is 15.3 Å². The van der Waals surface area contributed by atoms with Crippen LogP contribution < -0.4 is 15.6 Å². The Hall–Kier alpha value is -7.65. The van der Waals surface area contributed by atoms with Gasteiger partial charge in [0.15, 0.2) is 0 Å². The predicted octanol–water partition coefficient (Wildman–Crippen LogP) is 10.3. The number of hydrogen-bond acceptors (Lipinski definition) is 5. The van der Waals surface area contributed by atoms with Crippen LogP contribution in [0.5, 0.6) is 11.5 Å². The first-order valence-corrected chi connectivity index (χ1v) is 21.0. The fraction of sp³-hybridized carbons (Fsp3) is 0.0926. The fourth-order valence-electron chi connectivity index (χ4n) is 8.40. The lowest BCUT2D eigenvalue weighted by molar-refractivity contribution is -0.686. The Morgan fingerprint density at radius 3 is 1.85 bits per heavy atom. The number of nitrogens with two attached hydrogens (primary N) is 1. The van der Waals surface area contributed by atoms with Crippen LogP contribution in [0.25, 0.3) is 61.1 Å². The number of quaternary nitrogens is 1. The van der Waals surface area contributed by atoms with Crippen molar-refractivity contribution in [1.82, 2.24) is 25.1 Å². The number of phenols is 1. The minimum absolute atomic E-state index is 0.187. The highest BCUT2D eigenvalue weighted by Crippen LogP contribution is 2.40. The second kappa shape index (κ2) is 17.1. The first-order valence-electron chi connectivity index (χ1n) is 21.0. The van der Waals surface area contributed by atoms with E-state index < -0.39 is 0 Å². The van der Waals surface area contributed by atoms with Crippen molar-refractivity contribution >= 4 is 21.5 Å². The second-order valence-corrected chi connectivity index (χ2v) is 15.6. The average molecular weight is 811 g/mol. The minimum atomic E-state index is 0.187. The SMILES string of the molecule is CN1[N]N(Cc2c3ccccc3cc3ccccc23)C=C1COc1ccc(C[NH2+]Cc2ccc(-n3c(-c4ccccc4O)nc(-c4ccccc4)c3-c3ccccc3)cc2)cc1. The van der Waals surface area contributed by atoms with Crippen LogP contribution in [0.2, 0.25) is 0 Å². The van der Waals surface area contributed by atoms with Crippen LogP contribution in [0.1, 0.15) is 16.7 Å². The van der Waals surface area contributed by atoms with Gasteiger partial charge in [-0.1, -0.05) is 133 Å². The highest BCUT2D eigenvalue weighted by atomic mass is 16.5. The maximum absolute atomic E-state index is 11.0. The molecule has 1 radical (unpaired) electrons. The quantitative estimate of drug-likeness (QED) is 0.113. The van der Waals surface area contributed by atoms with E-state index in [2.05, 4.69) is 131 Å². The predicted molar refractivity (Wildman–Crippen MR) is 248 cm³/mol. The van der Waals surface area contributed by atoms with Crippen molar-refractivity contribution in [2.75, 3.05) is 13.7 Å². The van der Waals surface area contributed by atoms with Crippen molar-refractivity contribution in [1.29, 1.82) is 0 Å². The lowest BCUT2D eigenvalue weighted by atomic mass is 9.97. The molecule has 62 heavy (non-hydrogen) atoms. The molecule has 0 fully saturated rings. The van der Waals surface area contributed by atoms with Crippen molar-refractivity contribution in [3.63, 3.8) is 0 Å². The van der Waals surface area contributed by atoms with Gasteiger partial charge in [0.25, 0.3) is 0 Å². The number of benzene rings is 8. The van der Waals surface area contributed by atoms with E-state index in [0.717, 1.165) is 52.7 Å². The molecule has 0 spiro atoms. The summed E-state index contributed by atoms with van der Waals surface area (Å²) in [5.74, 6) is 1.69. The molecule has 303 valence electrons. The standard InChI is InChI=1S/C54H45N6O2/c1-58-45(35-59(57-58)36-50-47-20-10-8-18-42(47)32-43-19-9-11-21-48(43)50)37-62-46-30-26-39(27-31-46)34-55-33-38-24-28-44(29-25-38)60-53(41-16-6-3-7-17-41)52(40-14-4-2-5-15-40)56-54(60)49-22-12-13-23-51(49)61/h2-32,35,55,61H,33-34,36-37H2,1H3/p+1. The van der Waals surface area contributed by atoms with Crippen molar-refractivity contribution in [3.05, 3.63) is 217 Å². The van der Waals surface area contributed by atoms with Gasteiger partial charge in [-0.2, -0.15) is 0 Å². The molecule has 10 rings (SSSR count). The van der Waals surface area contributed by atoms with Gasteiger partial charge in [0, 0.05) is 41.2 Å². The molecule has 8 heteroatoms. The molecule has 8 nitrogen and oxygen atoms in total. The van der Waals surface area contributed by atoms with E-state index in [9.17, 15) is 5.11 Å². The molecule has 9 aromatic rings. The Kier molecular flexibility index (Phi) is 10.7. The van der Waals surface area contributed by atoms with Gasteiger partial charge >= 0.3 is 0 Å². The molecule has 0 atom stereocenters. The molecule has 3 N–H and O–H groups in total. The Bertz CT molecular complexity index is 2960.